The quantitative estimate of drug-likeness (QED) is 0.610. The molecule has 0 bridgehead atoms. The summed E-state index contributed by atoms with van der Waals surface area (Å²) in [7, 11) is 0. The van der Waals surface area contributed by atoms with E-state index in [1.807, 2.05) is 29.1 Å². The van der Waals surface area contributed by atoms with Crippen LogP contribution in [0.3, 0.4) is 0 Å². The van der Waals surface area contributed by atoms with Crippen molar-refractivity contribution in [1.29, 1.82) is 0 Å². The third kappa shape index (κ3) is 5.77. The van der Waals surface area contributed by atoms with E-state index in [4.69, 9.17) is 0 Å². The summed E-state index contributed by atoms with van der Waals surface area (Å²) >= 11 is 0. The van der Waals surface area contributed by atoms with Gasteiger partial charge in [-0.05, 0) is 37.0 Å². The Kier molecular flexibility index (Phi) is 6.66. The lowest BCUT2D eigenvalue weighted by molar-refractivity contribution is 0.656. The van der Waals surface area contributed by atoms with Gasteiger partial charge in [-0.15, -0.1) is 0 Å². The third-order valence-electron chi connectivity index (χ3n) is 3.32. The minimum atomic E-state index is 0.564. The summed E-state index contributed by atoms with van der Waals surface area (Å²) in [4.78, 5) is 4.57. The Morgan fingerprint density at radius 1 is 1.22 bits per heavy atom. The normalized spacial score (nSPS) is 11.7. The summed E-state index contributed by atoms with van der Waals surface area (Å²) < 4.78 is 1.91. The van der Waals surface area contributed by atoms with E-state index in [2.05, 4.69) is 59.8 Å². The molecular formula is C18H27N5. The fourth-order valence-electron chi connectivity index (χ4n) is 2.15. The molecule has 2 N–H and O–H groups in total. The fourth-order valence-corrected chi connectivity index (χ4v) is 2.15. The molecule has 5 heteroatoms. The molecule has 23 heavy (non-hydrogen) atoms. The van der Waals surface area contributed by atoms with E-state index in [0.29, 0.717) is 5.92 Å². The van der Waals surface area contributed by atoms with Crippen LogP contribution >= 0.6 is 0 Å². The summed E-state index contributed by atoms with van der Waals surface area (Å²) in [6.45, 7) is 8.97. The van der Waals surface area contributed by atoms with Crippen LogP contribution in [-0.4, -0.2) is 35.4 Å². The van der Waals surface area contributed by atoms with Crippen LogP contribution in [0, 0.1) is 5.92 Å². The van der Waals surface area contributed by atoms with Gasteiger partial charge in [0.25, 0.3) is 0 Å². The number of rotatable bonds is 7. The molecule has 2 aromatic rings. The van der Waals surface area contributed by atoms with Crippen molar-refractivity contribution in [2.75, 3.05) is 19.6 Å². The van der Waals surface area contributed by atoms with Gasteiger partial charge in [0, 0.05) is 25.8 Å². The zero-order chi connectivity index (χ0) is 16.5. The van der Waals surface area contributed by atoms with E-state index in [-0.39, 0.29) is 0 Å². The Morgan fingerprint density at radius 2 is 2.00 bits per heavy atom. The number of hydrogen-bond acceptors (Lipinski definition) is 2. The number of guanidine groups is 1. The van der Waals surface area contributed by atoms with Crippen LogP contribution in [0.25, 0.3) is 5.69 Å². The van der Waals surface area contributed by atoms with Crippen molar-refractivity contribution < 1.29 is 0 Å². The van der Waals surface area contributed by atoms with E-state index >= 15 is 0 Å². The average molecular weight is 313 g/mol. The zero-order valence-electron chi connectivity index (χ0n) is 14.3. The molecular weight excluding hydrogens is 286 g/mol. The molecule has 0 saturated heterocycles. The van der Waals surface area contributed by atoms with E-state index < -0.39 is 0 Å². The summed E-state index contributed by atoms with van der Waals surface area (Å²) in [5.41, 5.74) is 2.29. The molecule has 0 fully saturated rings. The number of aliphatic imine (C=N–C) groups is 1. The Bertz CT molecular complexity index is 601. The first-order valence-corrected chi connectivity index (χ1v) is 8.30. The Hall–Kier alpha value is -2.30. The van der Waals surface area contributed by atoms with Crippen LogP contribution < -0.4 is 10.6 Å². The molecule has 5 nitrogen and oxygen atoms in total. The highest BCUT2D eigenvalue weighted by Gasteiger charge is 2.02. The Labute approximate surface area is 138 Å². The second-order valence-electron chi connectivity index (χ2n) is 5.92. The van der Waals surface area contributed by atoms with Crippen LogP contribution in [0.2, 0.25) is 0 Å². The third-order valence-corrected chi connectivity index (χ3v) is 3.32. The predicted molar refractivity (Wildman–Crippen MR) is 96.1 cm³/mol. The van der Waals surface area contributed by atoms with Crippen LogP contribution in [0.4, 0.5) is 0 Å². The van der Waals surface area contributed by atoms with Crippen molar-refractivity contribution in [3.8, 4) is 5.69 Å². The topological polar surface area (TPSA) is 54.2 Å². The standard InChI is InChI=1S/C18H27N5/c1-4-19-18(21-12-15(2)3)20-11-10-16-13-22-23(14-16)17-8-6-5-7-9-17/h5-9,13-15H,4,10-12H2,1-3H3,(H2,19,20,21). The van der Waals surface area contributed by atoms with Gasteiger partial charge in [0.05, 0.1) is 11.9 Å². The predicted octanol–water partition coefficient (Wildman–Crippen LogP) is 2.63. The average Bonchev–Trinajstić information content (AvgIpc) is 3.02. The first-order chi connectivity index (χ1) is 11.2. The monoisotopic (exact) mass is 313 g/mol. The molecule has 0 aliphatic carbocycles. The summed E-state index contributed by atoms with van der Waals surface area (Å²) in [6, 6.07) is 10.2. The Balaban J connectivity index is 1.86. The first-order valence-electron chi connectivity index (χ1n) is 8.30. The van der Waals surface area contributed by atoms with Crippen molar-refractivity contribution in [2.24, 2.45) is 10.9 Å². The van der Waals surface area contributed by atoms with Crippen LogP contribution in [0.1, 0.15) is 26.3 Å². The number of nitrogens with one attached hydrogen (secondary N) is 2. The molecule has 1 heterocycles. The number of hydrogen-bond donors (Lipinski definition) is 2. The van der Waals surface area contributed by atoms with Crippen molar-refractivity contribution in [3.63, 3.8) is 0 Å². The lowest BCUT2D eigenvalue weighted by Crippen LogP contribution is -2.38. The fraction of sp³-hybridized carbons (Fsp3) is 0.444. The molecule has 0 spiro atoms. The minimum absolute atomic E-state index is 0.564. The van der Waals surface area contributed by atoms with Crippen molar-refractivity contribution >= 4 is 5.96 Å². The molecule has 2 rings (SSSR count). The van der Waals surface area contributed by atoms with Crippen LogP contribution in [0.5, 0.6) is 0 Å². The molecule has 1 aromatic heterocycles. The van der Waals surface area contributed by atoms with Gasteiger partial charge < -0.3 is 10.6 Å². The summed E-state index contributed by atoms with van der Waals surface area (Å²) in [6.07, 6.45) is 4.92. The largest absolute Gasteiger partial charge is 0.357 e. The Morgan fingerprint density at radius 3 is 2.70 bits per heavy atom. The van der Waals surface area contributed by atoms with Crippen molar-refractivity contribution in [2.45, 2.75) is 27.2 Å². The van der Waals surface area contributed by atoms with Gasteiger partial charge in [0.1, 0.15) is 0 Å². The molecule has 0 atom stereocenters. The zero-order valence-corrected chi connectivity index (χ0v) is 14.3. The maximum Gasteiger partial charge on any atom is 0.191 e. The molecule has 0 radical (unpaired) electrons. The molecule has 0 aliphatic heterocycles. The van der Waals surface area contributed by atoms with Crippen LogP contribution in [-0.2, 0) is 6.42 Å². The molecule has 0 amide bonds. The van der Waals surface area contributed by atoms with E-state index in [9.17, 15) is 0 Å². The molecule has 1 aromatic carbocycles. The highest BCUT2D eigenvalue weighted by Crippen LogP contribution is 2.07. The lowest BCUT2D eigenvalue weighted by Gasteiger charge is -2.11. The van der Waals surface area contributed by atoms with Gasteiger partial charge >= 0.3 is 0 Å². The van der Waals surface area contributed by atoms with Gasteiger partial charge in [-0.1, -0.05) is 32.0 Å². The van der Waals surface area contributed by atoms with E-state index in [1.165, 1.54) is 5.56 Å². The van der Waals surface area contributed by atoms with Gasteiger partial charge in [0.2, 0.25) is 0 Å². The first kappa shape index (κ1) is 17.1. The smallest absolute Gasteiger partial charge is 0.191 e. The second-order valence-corrected chi connectivity index (χ2v) is 5.92. The SMILES string of the molecule is CCNC(=NCC(C)C)NCCc1cnn(-c2ccccc2)c1. The molecule has 0 unspecified atom stereocenters. The van der Waals surface area contributed by atoms with Gasteiger partial charge in [-0.2, -0.15) is 5.10 Å². The second kappa shape index (κ2) is 8.98. The van der Waals surface area contributed by atoms with Gasteiger partial charge in [0.15, 0.2) is 5.96 Å². The highest BCUT2D eigenvalue weighted by molar-refractivity contribution is 5.79. The summed E-state index contributed by atoms with van der Waals surface area (Å²) in [5.74, 6) is 1.45. The highest BCUT2D eigenvalue weighted by atomic mass is 15.3. The van der Waals surface area contributed by atoms with E-state index in [0.717, 1.165) is 37.7 Å². The number of nitrogens with zero attached hydrogens (tertiary/aromatic N) is 3. The van der Waals surface area contributed by atoms with Crippen molar-refractivity contribution in [1.82, 2.24) is 20.4 Å². The number of benzene rings is 1. The molecule has 0 saturated carbocycles. The van der Waals surface area contributed by atoms with Crippen LogP contribution in [0.15, 0.2) is 47.7 Å². The maximum atomic E-state index is 4.57. The molecule has 124 valence electrons. The minimum Gasteiger partial charge on any atom is -0.357 e. The molecule has 0 aliphatic rings. The lowest BCUT2D eigenvalue weighted by atomic mass is 10.2. The maximum absolute atomic E-state index is 4.57. The number of para-hydroxylation sites is 1. The van der Waals surface area contributed by atoms with Gasteiger partial charge in [-0.3, -0.25) is 4.99 Å². The number of aromatic nitrogens is 2. The summed E-state index contributed by atoms with van der Waals surface area (Å²) in [5, 5.41) is 11.1. The van der Waals surface area contributed by atoms with Crippen molar-refractivity contribution in [3.05, 3.63) is 48.3 Å². The van der Waals surface area contributed by atoms with Gasteiger partial charge in [-0.25, -0.2) is 4.68 Å². The van der Waals surface area contributed by atoms with E-state index in [1.54, 1.807) is 0 Å².